The molecule has 6 nitrogen and oxygen atoms in total. The summed E-state index contributed by atoms with van der Waals surface area (Å²) < 4.78 is 6.61. The maximum Gasteiger partial charge on any atom is 0.256 e. The summed E-state index contributed by atoms with van der Waals surface area (Å²) in [4.78, 5) is 12.1. The minimum Gasteiger partial charge on any atom is -0.497 e. The first-order valence-electron chi connectivity index (χ1n) is 6.24. The lowest BCUT2D eigenvalue weighted by Gasteiger charge is -2.08. The molecule has 0 unspecified atom stereocenters. The Bertz CT molecular complexity index is 590. The molecule has 106 valence electrons. The Morgan fingerprint density at radius 3 is 2.70 bits per heavy atom. The molecule has 0 aliphatic heterocycles. The van der Waals surface area contributed by atoms with Crippen LogP contribution in [0.1, 0.15) is 16.1 Å². The highest BCUT2D eigenvalue weighted by molar-refractivity contribution is 6.03. The first-order valence-corrected chi connectivity index (χ1v) is 6.24. The number of methoxy groups -OCH3 is 1. The monoisotopic (exact) mass is 275 g/mol. The predicted octanol–water partition coefficient (Wildman–Crippen LogP) is 1.44. The van der Waals surface area contributed by atoms with Gasteiger partial charge in [0.1, 0.15) is 11.6 Å². The van der Waals surface area contributed by atoms with E-state index in [1.54, 1.807) is 42.1 Å². The van der Waals surface area contributed by atoms with Crippen LogP contribution in [0.15, 0.2) is 30.3 Å². The summed E-state index contributed by atoms with van der Waals surface area (Å²) in [6.45, 7) is 2.13. The number of amides is 1. The number of benzene rings is 1. The molecule has 0 radical (unpaired) electrons. The number of aryl methyl sites for hydroxylation is 1. The minimum absolute atomic E-state index is 0.0352. The summed E-state index contributed by atoms with van der Waals surface area (Å²) in [5.74, 6) is 1.03. The Morgan fingerprint density at radius 1 is 1.40 bits per heavy atom. The predicted molar refractivity (Wildman–Crippen MR) is 75.0 cm³/mol. The molecule has 0 spiro atoms. The molecule has 1 amide bonds. The van der Waals surface area contributed by atoms with Crippen LogP contribution in [-0.2, 0) is 6.54 Å². The van der Waals surface area contributed by atoms with E-state index in [9.17, 15) is 4.79 Å². The number of hydrogen-bond acceptors (Lipinski definition) is 4. The molecule has 0 atom stereocenters. The molecule has 0 aliphatic carbocycles. The first-order chi connectivity index (χ1) is 9.63. The van der Waals surface area contributed by atoms with E-state index in [1.165, 1.54) is 0 Å². The van der Waals surface area contributed by atoms with Gasteiger partial charge in [-0.25, -0.2) is 4.68 Å². The van der Waals surface area contributed by atoms with Gasteiger partial charge in [-0.05, 0) is 31.2 Å². The quantitative estimate of drug-likeness (QED) is 0.865. The molecule has 2 aromatic rings. The number of carbonyl (C=O) groups excluding carboxylic acids is 1. The van der Waals surface area contributed by atoms with Crippen LogP contribution in [0.25, 0.3) is 0 Å². The largest absolute Gasteiger partial charge is 0.497 e. The van der Waals surface area contributed by atoms with Gasteiger partial charge >= 0.3 is 0 Å². The van der Waals surface area contributed by atoms with Crippen LogP contribution in [0.2, 0.25) is 0 Å². The van der Waals surface area contributed by atoms with Crippen molar-refractivity contribution in [1.29, 1.82) is 0 Å². The van der Waals surface area contributed by atoms with Gasteiger partial charge in [-0.2, -0.15) is 5.10 Å². The molecule has 1 aromatic carbocycles. The summed E-state index contributed by atoms with van der Waals surface area (Å²) in [6.07, 6.45) is 0. The fourth-order valence-electron chi connectivity index (χ4n) is 1.84. The molecular weight excluding hydrogens is 258 g/mol. The van der Waals surface area contributed by atoms with Crippen molar-refractivity contribution in [3.8, 4) is 5.75 Å². The molecule has 0 bridgehead atoms. The zero-order valence-electron chi connectivity index (χ0n) is 11.5. The molecule has 6 heteroatoms. The van der Waals surface area contributed by atoms with Gasteiger partial charge in [0.15, 0.2) is 0 Å². The van der Waals surface area contributed by atoms with Gasteiger partial charge in [-0.15, -0.1) is 0 Å². The molecule has 2 N–H and O–H groups in total. The Balaban J connectivity index is 2.14. The fraction of sp³-hybridized carbons (Fsp3) is 0.286. The molecule has 0 saturated carbocycles. The van der Waals surface area contributed by atoms with Crippen molar-refractivity contribution < 1.29 is 14.6 Å². The average molecular weight is 275 g/mol. The van der Waals surface area contributed by atoms with E-state index in [4.69, 9.17) is 9.84 Å². The highest BCUT2D eigenvalue weighted by Gasteiger charge is 2.11. The number of nitrogens with one attached hydrogen (secondary N) is 1. The van der Waals surface area contributed by atoms with Crippen LogP contribution in [0.4, 0.5) is 5.82 Å². The second kappa shape index (κ2) is 6.21. The number of carbonyl (C=O) groups is 1. The van der Waals surface area contributed by atoms with Crippen LogP contribution in [0.3, 0.4) is 0 Å². The minimum atomic E-state index is -0.230. The van der Waals surface area contributed by atoms with Crippen molar-refractivity contribution in [1.82, 2.24) is 9.78 Å². The molecule has 1 heterocycles. The third-order valence-electron chi connectivity index (χ3n) is 2.81. The summed E-state index contributed by atoms with van der Waals surface area (Å²) in [6, 6.07) is 8.59. The lowest BCUT2D eigenvalue weighted by molar-refractivity contribution is 0.102. The average Bonchev–Trinajstić information content (AvgIpc) is 2.79. The first kappa shape index (κ1) is 14.1. The van der Waals surface area contributed by atoms with Crippen molar-refractivity contribution in [3.05, 3.63) is 41.6 Å². The van der Waals surface area contributed by atoms with Crippen LogP contribution < -0.4 is 10.1 Å². The number of rotatable bonds is 5. The molecule has 0 aliphatic rings. The van der Waals surface area contributed by atoms with Gasteiger partial charge in [0.25, 0.3) is 5.91 Å². The number of aliphatic hydroxyl groups is 1. The highest BCUT2D eigenvalue weighted by atomic mass is 16.5. The maximum absolute atomic E-state index is 12.1. The topological polar surface area (TPSA) is 76.4 Å². The van der Waals surface area contributed by atoms with Gasteiger partial charge in [0.05, 0.1) is 26.0 Å². The standard InChI is InChI=1S/C14H17N3O3/c1-10-9-13(17(16-10)7-8-18)15-14(19)11-3-5-12(20-2)6-4-11/h3-6,9,18H,7-8H2,1-2H3,(H,15,19). The number of aromatic nitrogens is 2. The molecular formula is C14H17N3O3. The van der Waals surface area contributed by atoms with Gasteiger partial charge in [-0.1, -0.05) is 0 Å². The number of ether oxygens (including phenoxy) is 1. The number of aliphatic hydroxyl groups excluding tert-OH is 1. The second-order valence-corrected chi connectivity index (χ2v) is 4.30. The zero-order valence-corrected chi connectivity index (χ0v) is 11.5. The zero-order chi connectivity index (χ0) is 14.5. The number of anilines is 1. The van der Waals surface area contributed by atoms with E-state index in [1.807, 2.05) is 6.92 Å². The number of hydrogen-bond donors (Lipinski definition) is 2. The third kappa shape index (κ3) is 3.16. The van der Waals surface area contributed by atoms with Gasteiger partial charge in [0, 0.05) is 11.6 Å². The van der Waals surface area contributed by atoms with E-state index >= 15 is 0 Å². The Hall–Kier alpha value is -2.34. The lowest BCUT2D eigenvalue weighted by Crippen LogP contribution is -2.16. The summed E-state index contributed by atoms with van der Waals surface area (Å²) >= 11 is 0. The van der Waals surface area contributed by atoms with E-state index < -0.39 is 0 Å². The van der Waals surface area contributed by atoms with Gasteiger partial charge in [-0.3, -0.25) is 4.79 Å². The summed E-state index contributed by atoms with van der Waals surface area (Å²) in [7, 11) is 1.57. The molecule has 2 rings (SSSR count). The van der Waals surface area contributed by atoms with Crippen molar-refractivity contribution in [3.63, 3.8) is 0 Å². The van der Waals surface area contributed by atoms with Gasteiger partial charge in [0.2, 0.25) is 0 Å². The second-order valence-electron chi connectivity index (χ2n) is 4.30. The van der Waals surface area contributed by atoms with Crippen LogP contribution in [0, 0.1) is 6.92 Å². The van der Waals surface area contributed by atoms with Crippen molar-refractivity contribution in [2.24, 2.45) is 0 Å². The smallest absolute Gasteiger partial charge is 0.256 e. The van der Waals surface area contributed by atoms with Gasteiger partial charge < -0.3 is 15.2 Å². The Kier molecular flexibility index (Phi) is 4.37. The lowest BCUT2D eigenvalue weighted by atomic mass is 10.2. The molecule has 20 heavy (non-hydrogen) atoms. The third-order valence-corrected chi connectivity index (χ3v) is 2.81. The van der Waals surface area contributed by atoms with Crippen LogP contribution >= 0.6 is 0 Å². The van der Waals surface area contributed by atoms with Crippen molar-refractivity contribution in [2.45, 2.75) is 13.5 Å². The van der Waals surface area contributed by atoms with Crippen molar-refractivity contribution >= 4 is 11.7 Å². The number of nitrogens with zero attached hydrogens (tertiary/aromatic N) is 2. The van der Waals surface area contributed by atoms with E-state index in [0.717, 1.165) is 5.69 Å². The maximum atomic E-state index is 12.1. The summed E-state index contributed by atoms with van der Waals surface area (Å²) in [5, 5.41) is 16.0. The van der Waals surface area contributed by atoms with E-state index in [0.29, 0.717) is 23.7 Å². The van der Waals surface area contributed by atoms with E-state index in [2.05, 4.69) is 10.4 Å². The van der Waals surface area contributed by atoms with Crippen LogP contribution in [-0.4, -0.2) is 34.5 Å². The highest BCUT2D eigenvalue weighted by Crippen LogP contribution is 2.14. The van der Waals surface area contributed by atoms with E-state index in [-0.39, 0.29) is 12.5 Å². The Labute approximate surface area is 117 Å². The molecule has 1 aromatic heterocycles. The van der Waals surface area contributed by atoms with Crippen LogP contribution in [0.5, 0.6) is 5.75 Å². The summed E-state index contributed by atoms with van der Waals surface area (Å²) in [5.41, 5.74) is 1.31. The molecule has 0 fully saturated rings. The molecule has 0 saturated heterocycles. The Morgan fingerprint density at radius 2 is 2.10 bits per heavy atom. The van der Waals surface area contributed by atoms with Crippen molar-refractivity contribution in [2.75, 3.05) is 19.0 Å². The SMILES string of the molecule is COc1ccc(C(=O)Nc2cc(C)nn2CCO)cc1. The normalized spacial score (nSPS) is 10.3. The fourth-order valence-corrected chi connectivity index (χ4v) is 1.84.